The number of aliphatic hydroxyl groups excluding tert-OH is 1. The Morgan fingerprint density at radius 1 is 1.27 bits per heavy atom. The summed E-state index contributed by atoms with van der Waals surface area (Å²) in [5.41, 5.74) is 0. The Labute approximate surface area is 92.5 Å². The summed E-state index contributed by atoms with van der Waals surface area (Å²) in [6, 6.07) is 0. The number of thioether (sulfide) groups is 1. The SMILES string of the molecule is CSCCCCC(C(=O)[O-])C(O)C(=O)[O-]. The summed E-state index contributed by atoms with van der Waals surface area (Å²) in [5.74, 6) is -3.82. The van der Waals surface area contributed by atoms with Crippen molar-refractivity contribution in [2.45, 2.75) is 25.4 Å². The molecule has 0 aromatic heterocycles. The average molecular weight is 234 g/mol. The van der Waals surface area contributed by atoms with Gasteiger partial charge in [-0.15, -0.1) is 0 Å². The number of carbonyl (C=O) groups excluding carboxylic acids is 2. The highest BCUT2D eigenvalue weighted by Crippen LogP contribution is 2.13. The Bertz CT molecular complexity index is 219. The first-order chi connectivity index (χ1) is 7.00. The third-order valence-electron chi connectivity index (χ3n) is 2.04. The molecule has 0 saturated carbocycles. The molecule has 0 aromatic carbocycles. The Kier molecular flexibility index (Phi) is 7.15. The molecule has 0 rings (SSSR count). The molecule has 0 bridgehead atoms. The predicted octanol–water partition coefficient (Wildman–Crippen LogP) is -2.00. The van der Waals surface area contributed by atoms with Crippen molar-refractivity contribution in [2.75, 3.05) is 12.0 Å². The van der Waals surface area contributed by atoms with Crippen LogP contribution in [0.2, 0.25) is 0 Å². The second-order valence-electron chi connectivity index (χ2n) is 3.18. The molecule has 0 saturated heterocycles. The quantitative estimate of drug-likeness (QED) is 0.487. The number of carbonyl (C=O) groups is 2. The molecule has 0 fully saturated rings. The second-order valence-corrected chi connectivity index (χ2v) is 4.16. The maximum absolute atomic E-state index is 10.5. The number of rotatable bonds is 8. The van der Waals surface area contributed by atoms with Gasteiger partial charge in [0.15, 0.2) is 0 Å². The van der Waals surface area contributed by atoms with Crippen molar-refractivity contribution in [3.05, 3.63) is 0 Å². The number of aliphatic hydroxyl groups is 1. The van der Waals surface area contributed by atoms with Gasteiger partial charge in [0.2, 0.25) is 0 Å². The van der Waals surface area contributed by atoms with Gasteiger partial charge in [-0.3, -0.25) is 0 Å². The molecule has 15 heavy (non-hydrogen) atoms. The van der Waals surface area contributed by atoms with Crippen molar-refractivity contribution < 1.29 is 24.9 Å². The normalized spacial score (nSPS) is 14.5. The fraction of sp³-hybridized carbons (Fsp3) is 0.778. The van der Waals surface area contributed by atoms with E-state index in [2.05, 4.69) is 0 Å². The third-order valence-corrected chi connectivity index (χ3v) is 2.74. The van der Waals surface area contributed by atoms with Crippen LogP contribution in [-0.4, -0.2) is 35.2 Å². The van der Waals surface area contributed by atoms with E-state index in [0.29, 0.717) is 6.42 Å². The molecular formula is C9H14O5S-2. The predicted molar refractivity (Wildman–Crippen MR) is 51.7 cm³/mol. The lowest BCUT2D eigenvalue weighted by molar-refractivity contribution is -0.330. The first-order valence-electron chi connectivity index (χ1n) is 4.59. The van der Waals surface area contributed by atoms with Crippen molar-refractivity contribution in [1.29, 1.82) is 0 Å². The lowest BCUT2D eigenvalue weighted by atomic mass is 9.96. The molecule has 2 unspecified atom stereocenters. The molecule has 0 aliphatic rings. The van der Waals surface area contributed by atoms with Crippen LogP contribution in [0.3, 0.4) is 0 Å². The van der Waals surface area contributed by atoms with Gasteiger partial charge in [0, 0.05) is 11.9 Å². The fourth-order valence-electron chi connectivity index (χ4n) is 1.18. The molecule has 5 nitrogen and oxygen atoms in total. The zero-order valence-corrected chi connectivity index (χ0v) is 9.29. The summed E-state index contributed by atoms with van der Waals surface area (Å²) in [7, 11) is 0. The van der Waals surface area contributed by atoms with E-state index in [-0.39, 0.29) is 6.42 Å². The third kappa shape index (κ3) is 5.64. The zero-order chi connectivity index (χ0) is 11.8. The minimum atomic E-state index is -1.98. The van der Waals surface area contributed by atoms with Crippen LogP contribution in [0.25, 0.3) is 0 Å². The Morgan fingerprint density at radius 3 is 2.27 bits per heavy atom. The van der Waals surface area contributed by atoms with Crippen molar-refractivity contribution in [1.82, 2.24) is 0 Å². The molecule has 1 N–H and O–H groups in total. The number of carboxylic acids is 2. The van der Waals surface area contributed by atoms with E-state index in [1.54, 1.807) is 11.8 Å². The van der Waals surface area contributed by atoms with Crippen LogP contribution in [0.5, 0.6) is 0 Å². The number of aliphatic carboxylic acids is 2. The molecule has 88 valence electrons. The van der Waals surface area contributed by atoms with Crippen LogP contribution in [0.15, 0.2) is 0 Å². The van der Waals surface area contributed by atoms with E-state index in [0.717, 1.165) is 12.2 Å². The molecule has 0 aliphatic heterocycles. The van der Waals surface area contributed by atoms with Gasteiger partial charge < -0.3 is 24.9 Å². The highest BCUT2D eigenvalue weighted by molar-refractivity contribution is 7.98. The maximum Gasteiger partial charge on any atom is 0.101 e. The van der Waals surface area contributed by atoms with Crippen LogP contribution in [0.4, 0.5) is 0 Å². The molecule has 6 heteroatoms. The van der Waals surface area contributed by atoms with E-state index < -0.39 is 24.0 Å². The second kappa shape index (κ2) is 7.53. The number of carboxylic acid groups (broad SMARTS) is 2. The number of hydrogen-bond donors (Lipinski definition) is 1. The van der Waals surface area contributed by atoms with E-state index in [4.69, 9.17) is 5.11 Å². The van der Waals surface area contributed by atoms with Gasteiger partial charge in [0.1, 0.15) is 6.10 Å². The minimum absolute atomic E-state index is 0.0953. The Balaban J connectivity index is 4.05. The molecular weight excluding hydrogens is 220 g/mol. The number of hydrogen-bond acceptors (Lipinski definition) is 6. The van der Waals surface area contributed by atoms with E-state index in [1.807, 2.05) is 6.26 Å². The summed E-state index contributed by atoms with van der Waals surface area (Å²) < 4.78 is 0. The molecule has 0 radical (unpaired) electrons. The Morgan fingerprint density at radius 2 is 1.87 bits per heavy atom. The lowest BCUT2D eigenvalue weighted by Crippen LogP contribution is -2.47. The van der Waals surface area contributed by atoms with Crippen LogP contribution in [0, 0.1) is 5.92 Å². The highest BCUT2D eigenvalue weighted by Gasteiger charge is 2.20. The molecule has 0 heterocycles. The van der Waals surface area contributed by atoms with Gasteiger partial charge in [-0.1, -0.05) is 6.42 Å². The summed E-state index contributed by atoms with van der Waals surface area (Å²) in [6.07, 6.45) is 1.36. The fourth-order valence-corrected chi connectivity index (χ4v) is 1.67. The van der Waals surface area contributed by atoms with Gasteiger partial charge in [0.05, 0.1) is 5.97 Å². The van der Waals surface area contributed by atoms with Gasteiger partial charge >= 0.3 is 0 Å². The molecule has 0 aromatic rings. The molecule has 2 atom stereocenters. The van der Waals surface area contributed by atoms with Crippen LogP contribution in [0.1, 0.15) is 19.3 Å². The molecule has 0 amide bonds. The van der Waals surface area contributed by atoms with Crippen molar-refractivity contribution in [2.24, 2.45) is 5.92 Å². The van der Waals surface area contributed by atoms with E-state index in [9.17, 15) is 19.8 Å². The standard InChI is InChI=1S/C9H16O5S/c1-15-5-3-2-4-6(8(11)12)7(10)9(13)14/h6-7,10H,2-5H2,1H3,(H,11,12)(H,13,14)/p-2. The zero-order valence-electron chi connectivity index (χ0n) is 8.47. The van der Waals surface area contributed by atoms with Gasteiger partial charge in [-0.05, 0) is 24.9 Å². The summed E-state index contributed by atoms with van der Waals surface area (Å²) in [5, 5.41) is 29.8. The Hall–Kier alpha value is -0.750. The lowest BCUT2D eigenvalue weighted by Gasteiger charge is -2.24. The van der Waals surface area contributed by atoms with Crippen molar-refractivity contribution in [3.8, 4) is 0 Å². The van der Waals surface area contributed by atoms with Crippen LogP contribution in [-0.2, 0) is 9.59 Å². The van der Waals surface area contributed by atoms with Crippen molar-refractivity contribution >= 4 is 23.7 Å². The van der Waals surface area contributed by atoms with Gasteiger partial charge in [-0.2, -0.15) is 11.8 Å². The highest BCUT2D eigenvalue weighted by atomic mass is 32.2. The maximum atomic E-state index is 10.5. The summed E-state index contributed by atoms with van der Waals surface area (Å²) in [6.45, 7) is 0. The van der Waals surface area contributed by atoms with Crippen LogP contribution >= 0.6 is 11.8 Å². The summed E-state index contributed by atoms with van der Waals surface area (Å²) in [4.78, 5) is 20.8. The average Bonchev–Trinajstić information content (AvgIpc) is 2.16. The van der Waals surface area contributed by atoms with Gasteiger partial charge in [0.25, 0.3) is 0 Å². The first kappa shape index (κ1) is 14.2. The topological polar surface area (TPSA) is 100 Å². The van der Waals surface area contributed by atoms with Gasteiger partial charge in [-0.25, -0.2) is 0 Å². The largest absolute Gasteiger partial charge is 0.550 e. The molecule has 0 spiro atoms. The summed E-state index contributed by atoms with van der Waals surface area (Å²) >= 11 is 1.62. The monoisotopic (exact) mass is 234 g/mol. The van der Waals surface area contributed by atoms with E-state index >= 15 is 0 Å². The molecule has 0 aliphatic carbocycles. The first-order valence-corrected chi connectivity index (χ1v) is 5.98. The minimum Gasteiger partial charge on any atom is -0.550 e. The van der Waals surface area contributed by atoms with Crippen molar-refractivity contribution in [3.63, 3.8) is 0 Å². The number of unbranched alkanes of at least 4 members (excludes halogenated alkanes) is 1. The smallest absolute Gasteiger partial charge is 0.101 e. The van der Waals surface area contributed by atoms with E-state index in [1.165, 1.54) is 0 Å². The van der Waals surface area contributed by atoms with Crippen LogP contribution < -0.4 is 10.2 Å².